The third-order valence-electron chi connectivity index (χ3n) is 3.50. The number of nitrogens with one attached hydrogen (secondary N) is 2. The van der Waals surface area contributed by atoms with E-state index in [9.17, 15) is 14.9 Å². The molecule has 0 aliphatic rings. The molecule has 130 valence electrons. The Morgan fingerprint density at radius 1 is 0.962 bits per heavy atom. The fourth-order valence-corrected chi connectivity index (χ4v) is 2.23. The molecule has 0 saturated heterocycles. The topological polar surface area (TPSA) is 123 Å². The summed E-state index contributed by atoms with van der Waals surface area (Å²) < 4.78 is 0. The van der Waals surface area contributed by atoms with Gasteiger partial charge in [-0.2, -0.15) is 0 Å². The smallest absolute Gasteiger partial charge is 0.334 e. The molecule has 9 nitrogen and oxygen atoms in total. The molecule has 26 heavy (non-hydrogen) atoms. The first-order chi connectivity index (χ1) is 12.5. The van der Waals surface area contributed by atoms with Gasteiger partial charge >= 0.3 is 5.69 Å². The molecule has 2 aromatic heterocycles. The van der Waals surface area contributed by atoms with Crippen LogP contribution in [-0.2, 0) is 0 Å². The lowest BCUT2D eigenvalue weighted by atomic mass is 10.1. The molecule has 3 rings (SSSR count). The highest BCUT2D eigenvalue weighted by atomic mass is 16.6. The molecule has 0 atom stereocenters. The van der Waals surface area contributed by atoms with Crippen LogP contribution in [0.5, 0.6) is 0 Å². The Labute approximate surface area is 148 Å². The van der Waals surface area contributed by atoms with E-state index in [4.69, 9.17) is 0 Å². The highest BCUT2D eigenvalue weighted by molar-refractivity contribution is 5.94. The van der Waals surface area contributed by atoms with Crippen molar-refractivity contribution in [3.05, 3.63) is 70.8 Å². The second-order valence-electron chi connectivity index (χ2n) is 5.30. The number of ketones is 1. The molecule has 0 unspecified atom stereocenters. The SMILES string of the molecule is CC(=O)c1ccc(Nc2ncnc(Nc3ccncc3)c2[N+](=O)[O-])cc1. The fraction of sp³-hybridized carbons (Fsp3) is 0.0588. The molecule has 9 heteroatoms. The molecule has 0 saturated carbocycles. The molecule has 0 radical (unpaired) electrons. The summed E-state index contributed by atoms with van der Waals surface area (Å²) in [5.41, 5.74) is 1.43. The first-order valence-electron chi connectivity index (χ1n) is 7.59. The molecule has 0 aliphatic carbocycles. The van der Waals surface area contributed by atoms with Crippen LogP contribution in [0.25, 0.3) is 0 Å². The summed E-state index contributed by atoms with van der Waals surface area (Å²) in [6.07, 6.45) is 4.35. The lowest BCUT2D eigenvalue weighted by molar-refractivity contribution is -0.383. The van der Waals surface area contributed by atoms with Gasteiger partial charge in [0.25, 0.3) is 0 Å². The van der Waals surface area contributed by atoms with Gasteiger partial charge in [0.05, 0.1) is 4.92 Å². The van der Waals surface area contributed by atoms with Crippen LogP contribution in [0.2, 0.25) is 0 Å². The van der Waals surface area contributed by atoms with E-state index in [-0.39, 0.29) is 23.1 Å². The van der Waals surface area contributed by atoms with Crippen molar-refractivity contribution in [1.82, 2.24) is 15.0 Å². The monoisotopic (exact) mass is 350 g/mol. The Hall–Kier alpha value is -3.88. The van der Waals surface area contributed by atoms with E-state index in [0.717, 1.165) is 0 Å². The fourth-order valence-electron chi connectivity index (χ4n) is 2.23. The molecule has 0 aliphatic heterocycles. The lowest BCUT2D eigenvalue weighted by Crippen LogP contribution is -2.05. The van der Waals surface area contributed by atoms with Gasteiger partial charge < -0.3 is 10.6 Å². The minimum atomic E-state index is -0.560. The zero-order valence-electron chi connectivity index (χ0n) is 13.7. The Bertz CT molecular complexity index is 944. The number of carbonyl (C=O) groups is 1. The Balaban J connectivity index is 1.92. The van der Waals surface area contributed by atoms with Crippen LogP contribution in [0.15, 0.2) is 55.1 Å². The minimum Gasteiger partial charge on any atom is -0.334 e. The van der Waals surface area contributed by atoms with Gasteiger partial charge in [0.2, 0.25) is 11.6 Å². The van der Waals surface area contributed by atoms with Gasteiger partial charge in [-0.1, -0.05) is 0 Å². The number of anilines is 4. The molecular weight excluding hydrogens is 336 g/mol. The van der Waals surface area contributed by atoms with Crippen molar-refractivity contribution in [2.24, 2.45) is 0 Å². The maximum absolute atomic E-state index is 11.6. The predicted octanol–water partition coefficient (Wildman–Crippen LogP) is 3.47. The number of hydrogen-bond acceptors (Lipinski definition) is 8. The van der Waals surface area contributed by atoms with Crippen LogP contribution in [0, 0.1) is 10.1 Å². The lowest BCUT2D eigenvalue weighted by Gasteiger charge is -2.10. The van der Waals surface area contributed by atoms with Crippen molar-refractivity contribution in [2.45, 2.75) is 6.92 Å². The summed E-state index contributed by atoms with van der Waals surface area (Å²) in [6.45, 7) is 1.47. The summed E-state index contributed by atoms with van der Waals surface area (Å²) in [7, 11) is 0. The maximum Gasteiger partial charge on any atom is 0.353 e. The number of carbonyl (C=O) groups excluding carboxylic acids is 1. The van der Waals surface area contributed by atoms with E-state index in [1.807, 2.05) is 0 Å². The molecule has 0 spiro atoms. The number of aromatic nitrogens is 3. The minimum absolute atomic E-state index is 0.0390. The molecule has 1 aromatic carbocycles. The highest BCUT2D eigenvalue weighted by Crippen LogP contribution is 2.32. The summed E-state index contributed by atoms with van der Waals surface area (Å²) in [5.74, 6) is 0.0320. The average molecular weight is 350 g/mol. The number of nitro groups is 1. The van der Waals surface area contributed by atoms with E-state index in [2.05, 4.69) is 25.6 Å². The number of nitrogens with zero attached hydrogens (tertiary/aromatic N) is 4. The van der Waals surface area contributed by atoms with E-state index >= 15 is 0 Å². The Morgan fingerprint density at radius 3 is 2.00 bits per heavy atom. The molecule has 0 fully saturated rings. The molecule has 0 bridgehead atoms. The molecular formula is C17H14N6O3. The normalized spacial score (nSPS) is 10.2. The van der Waals surface area contributed by atoms with Crippen molar-refractivity contribution in [1.29, 1.82) is 0 Å². The van der Waals surface area contributed by atoms with E-state index < -0.39 is 4.92 Å². The zero-order chi connectivity index (χ0) is 18.5. The summed E-state index contributed by atoms with van der Waals surface area (Å²) in [4.78, 5) is 34.2. The largest absolute Gasteiger partial charge is 0.353 e. The third kappa shape index (κ3) is 3.78. The zero-order valence-corrected chi connectivity index (χ0v) is 13.7. The van der Waals surface area contributed by atoms with Crippen LogP contribution in [0.1, 0.15) is 17.3 Å². The van der Waals surface area contributed by atoms with E-state index in [1.165, 1.54) is 13.3 Å². The van der Waals surface area contributed by atoms with Gasteiger partial charge in [-0.25, -0.2) is 9.97 Å². The van der Waals surface area contributed by atoms with Crippen molar-refractivity contribution in [3.63, 3.8) is 0 Å². The van der Waals surface area contributed by atoms with Crippen LogP contribution in [0.4, 0.5) is 28.7 Å². The Kier molecular flexibility index (Phi) is 4.79. The molecule has 2 heterocycles. The van der Waals surface area contributed by atoms with E-state index in [1.54, 1.807) is 48.8 Å². The number of benzene rings is 1. The number of pyridine rings is 1. The Morgan fingerprint density at radius 2 is 1.50 bits per heavy atom. The van der Waals surface area contributed by atoms with Gasteiger partial charge in [0.1, 0.15) is 6.33 Å². The second kappa shape index (κ2) is 7.34. The van der Waals surface area contributed by atoms with Gasteiger partial charge in [0, 0.05) is 29.3 Å². The van der Waals surface area contributed by atoms with Crippen molar-refractivity contribution < 1.29 is 9.72 Å². The van der Waals surface area contributed by atoms with Gasteiger partial charge in [-0.15, -0.1) is 0 Å². The standard InChI is InChI=1S/C17H14N6O3/c1-11(24)12-2-4-13(5-3-12)21-16-15(23(25)26)17(20-10-19-16)22-14-6-8-18-9-7-14/h2-10H,1H3,(H2,18,19,20,21,22). The first kappa shape index (κ1) is 17.0. The third-order valence-corrected chi connectivity index (χ3v) is 3.50. The van der Waals surface area contributed by atoms with Crippen LogP contribution >= 0.6 is 0 Å². The second-order valence-corrected chi connectivity index (χ2v) is 5.30. The van der Waals surface area contributed by atoms with Crippen LogP contribution in [-0.4, -0.2) is 25.7 Å². The highest BCUT2D eigenvalue weighted by Gasteiger charge is 2.23. The average Bonchev–Trinajstić information content (AvgIpc) is 2.63. The van der Waals surface area contributed by atoms with Gasteiger partial charge in [-0.3, -0.25) is 19.9 Å². The summed E-state index contributed by atoms with van der Waals surface area (Å²) in [6, 6.07) is 9.90. The quantitative estimate of drug-likeness (QED) is 0.393. The maximum atomic E-state index is 11.6. The summed E-state index contributed by atoms with van der Waals surface area (Å²) in [5, 5.41) is 17.3. The van der Waals surface area contributed by atoms with Crippen LogP contribution in [0.3, 0.4) is 0 Å². The number of rotatable bonds is 6. The number of hydrogen-bond donors (Lipinski definition) is 2. The number of Topliss-reactive ketones (excluding diaryl/α,β-unsaturated/α-hetero) is 1. The molecule has 2 N–H and O–H groups in total. The van der Waals surface area contributed by atoms with Crippen molar-refractivity contribution in [2.75, 3.05) is 10.6 Å². The molecule has 3 aromatic rings. The van der Waals surface area contributed by atoms with Crippen molar-refractivity contribution >= 4 is 34.5 Å². The first-order valence-corrected chi connectivity index (χ1v) is 7.59. The molecule has 0 amide bonds. The van der Waals surface area contributed by atoms with E-state index in [0.29, 0.717) is 16.9 Å². The predicted molar refractivity (Wildman–Crippen MR) is 95.9 cm³/mol. The van der Waals surface area contributed by atoms with Crippen LogP contribution < -0.4 is 10.6 Å². The summed E-state index contributed by atoms with van der Waals surface area (Å²) >= 11 is 0. The van der Waals surface area contributed by atoms with Gasteiger partial charge in [-0.05, 0) is 43.3 Å². The van der Waals surface area contributed by atoms with Crippen molar-refractivity contribution in [3.8, 4) is 0 Å². The van der Waals surface area contributed by atoms with Gasteiger partial charge in [0.15, 0.2) is 5.78 Å².